The first kappa shape index (κ1) is 26.3. The molecule has 0 atom stereocenters. The van der Waals surface area contributed by atoms with E-state index in [1.165, 1.54) is 54.5 Å². The van der Waals surface area contributed by atoms with Crippen LogP contribution < -0.4 is 4.90 Å². The Morgan fingerprint density at radius 2 is 1.00 bits per heavy atom. The largest absolute Gasteiger partial charge is 0.310 e. The number of para-hydroxylation sites is 2. The van der Waals surface area contributed by atoms with Gasteiger partial charge in [0.05, 0.1) is 16.7 Å². The fourth-order valence-corrected chi connectivity index (χ4v) is 6.96. The highest BCUT2D eigenvalue weighted by atomic mass is 15.1. The van der Waals surface area contributed by atoms with Crippen LogP contribution in [0.3, 0.4) is 0 Å². The molecule has 9 rings (SSSR count). The molecule has 0 bridgehead atoms. The number of anilines is 3. The van der Waals surface area contributed by atoms with Crippen molar-refractivity contribution in [1.29, 1.82) is 0 Å². The van der Waals surface area contributed by atoms with Gasteiger partial charge in [0.1, 0.15) is 0 Å². The predicted molar refractivity (Wildman–Crippen MR) is 196 cm³/mol. The molecule has 0 radical (unpaired) electrons. The molecule has 0 saturated carbocycles. The van der Waals surface area contributed by atoms with E-state index in [4.69, 9.17) is 0 Å². The van der Waals surface area contributed by atoms with E-state index in [1.807, 2.05) is 0 Å². The fourth-order valence-electron chi connectivity index (χ4n) is 6.96. The minimum Gasteiger partial charge on any atom is -0.310 e. The van der Waals surface area contributed by atoms with E-state index in [9.17, 15) is 0 Å². The van der Waals surface area contributed by atoms with Gasteiger partial charge in [0.15, 0.2) is 0 Å². The van der Waals surface area contributed by atoms with Crippen LogP contribution in [0, 0.1) is 0 Å². The summed E-state index contributed by atoms with van der Waals surface area (Å²) in [5.41, 5.74) is 9.36. The molecule has 1 heterocycles. The Morgan fingerprint density at radius 1 is 0.348 bits per heavy atom. The minimum atomic E-state index is 1.12. The monoisotopic (exact) mass is 586 g/mol. The van der Waals surface area contributed by atoms with Crippen LogP contribution in [0.1, 0.15) is 0 Å². The lowest BCUT2D eigenvalue weighted by molar-refractivity contribution is 1.18. The highest BCUT2D eigenvalue weighted by Crippen LogP contribution is 2.42. The Morgan fingerprint density at radius 3 is 1.85 bits per heavy atom. The lowest BCUT2D eigenvalue weighted by Gasteiger charge is -2.27. The van der Waals surface area contributed by atoms with E-state index < -0.39 is 0 Å². The highest BCUT2D eigenvalue weighted by Gasteiger charge is 2.18. The minimum absolute atomic E-state index is 1.12. The third-order valence-corrected chi connectivity index (χ3v) is 9.15. The zero-order valence-corrected chi connectivity index (χ0v) is 25.2. The lowest BCUT2D eigenvalue weighted by atomic mass is 10.0. The van der Waals surface area contributed by atoms with Crippen molar-refractivity contribution in [3.8, 4) is 16.8 Å². The molecule has 0 spiro atoms. The third-order valence-electron chi connectivity index (χ3n) is 9.15. The van der Waals surface area contributed by atoms with E-state index in [0.717, 1.165) is 22.7 Å². The first-order valence-electron chi connectivity index (χ1n) is 15.8. The Hall–Kier alpha value is -6.12. The summed E-state index contributed by atoms with van der Waals surface area (Å²) in [6, 6.07) is 65.7. The average molecular weight is 587 g/mol. The van der Waals surface area contributed by atoms with Crippen molar-refractivity contribution in [3.05, 3.63) is 182 Å². The van der Waals surface area contributed by atoms with Crippen molar-refractivity contribution < 1.29 is 0 Å². The summed E-state index contributed by atoms with van der Waals surface area (Å²) in [5, 5.41) is 7.45. The summed E-state index contributed by atoms with van der Waals surface area (Å²) >= 11 is 0. The summed E-state index contributed by atoms with van der Waals surface area (Å²) < 4.78 is 2.41. The predicted octanol–water partition coefficient (Wildman–Crippen LogP) is 12.2. The molecule has 2 heteroatoms. The maximum absolute atomic E-state index is 2.41. The Kier molecular flexibility index (Phi) is 6.17. The van der Waals surface area contributed by atoms with Gasteiger partial charge in [-0.15, -0.1) is 0 Å². The van der Waals surface area contributed by atoms with E-state index in [-0.39, 0.29) is 0 Å². The summed E-state index contributed by atoms with van der Waals surface area (Å²) in [6.07, 6.45) is 0. The van der Waals surface area contributed by atoms with Gasteiger partial charge >= 0.3 is 0 Å². The number of hydrogen-bond acceptors (Lipinski definition) is 1. The SMILES string of the molecule is c1ccc(N(c2ccc3c4ccccc4n(-c4ccc(-c5ccc6ccccc6c5)cc4)c3c2)c2cccc3ccccc23)cc1. The fraction of sp³-hybridized carbons (Fsp3) is 0. The van der Waals surface area contributed by atoms with Crippen LogP contribution in [-0.2, 0) is 0 Å². The molecular weight excluding hydrogens is 556 g/mol. The maximum Gasteiger partial charge on any atom is 0.0561 e. The average Bonchev–Trinajstić information content (AvgIpc) is 3.46. The molecular formula is C44H30N2. The summed E-state index contributed by atoms with van der Waals surface area (Å²) in [6.45, 7) is 0. The molecule has 8 aromatic carbocycles. The lowest BCUT2D eigenvalue weighted by Crippen LogP contribution is -2.10. The number of hydrogen-bond donors (Lipinski definition) is 0. The van der Waals surface area contributed by atoms with Gasteiger partial charge in [0.2, 0.25) is 0 Å². The van der Waals surface area contributed by atoms with Crippen molar-refractivity contribution in [3.63, 3.8) is 0 Å². The van der Waals surface area contributed by atoms with Crippen molar-refractivity contribution in [2.45, 2.75) is 0 Å². The zero-order valence-electron chi connectivity index (χ0n) is 25.2. The van der Waals surface area contributed by atoms with Gasteiger partial charge < -0.3 is 9.47 Å². The molecule has 0 unspecified atom stereocenters. The molecule has 0 aliphatic rings. The van der Waals surface area contributed by atoms with Crippen molar-refractivity contribution in [1.82, 2.24) is 4.57 Å². The smallest absolute Gasteiger partial charge is 0.0561 e. The van der Waals surface area contributed by atoms with Crippen LogP contribution in [0.15, 0.2) is 182 Å². The standard InChI is InChI=1S/C44H30N2/c1-2-15-36(16-3-1)45(42-20-10-14-33-12-6-7-17-39(33)42)38-27-28-41-40-18-8-9-19-43(40)46(44(41)30-38)37-25-23-32(24-26-37)35-22-21-31-11-4-5-13-34(31)29-35/h1-30H. The molecule has 0 N–H and O–H groups in total. The van der Waals surface area contributed by atoms with Gasteiger partial charge in [-0.3, -0.25) is 0 Å². The number of rotatable bonds is 5. The van der Waals surface area contributed by atoms with Gasteiger partial charge in [-0.05, 0) is 81.9 Å². The van der Waals surface area contributed by atoms with Crippen LogP contribution in [0.25, 0.3) is 60.2 Å². The normalized spacial score (nSPS) is 11.5. The van der Waals surface area contributed by atoms with Gasteiger partial charge in [-0.2, -0.15) is 0 Å². The quantitative estimate of drug-likeness (QED) is 0.195. The van der Waals surface area contributed by atoms with Crippen molar-refractivity contribution in [2.24, 2.45) is 0 Å². The Labute approximate surface area is 268 Å². The second-order valence-corrected chi connectivity index (χ2v) is 11.8. The van der Waals surface area contributed by atoms with Gasteiger partial charge in [0.25, 0.3) is 0 Å². The van der Waals surface area contributed by atoms with Crippen LogP contribution >= 0.6 is 0 Å². The Bertz CT molecular complexity index is 2520. The first-order chi connectivity index (χ1) is 22.8. The molecule has 1 aromatic heterocycles. The molecule has 0 aliphatic heterocycles. The topological polar surface area (TPSA) is 8.17 Å². The van der Waals surface area contributed by atoms with Gasteiger partial charge in [0, 0.05) is 33.2 Å². The van der Waals surface area contributed by atoms with Crippen LogP contribution in [0.4, 0.5) is 17.1 Å². The van der Waals surface area contributed by atoms with Gasteiger partial charge in [-0.25, -0.2) is 0 Å². The van der Waals surface area contributed by atoms with Crippen LogP contribution in [0.5, 0.6) is 0 Å². The molecule has 0 fully saturated rings. The van der Waals surface area contributed by atoms with Crippen LogP contribution in [-0.4, -0.2) is 4.57 Å². The van der Waals surface area contributed by atoms with Crippen LogP contribution in [0.2, 0.25) is 0 Å². The second kappa shape index (κ2) is 10.8. The third kappa shape index (κ3) is 4.35. The van der Waals surface area contributed by atoms with E-state index in [2.05, 4.69) is 191 Å². The van der Waals surface area contributed by atoms with E-state index >= 15 is 0 Å². The number of benzene rings is 8. The molecule has 2 nitrogen and oxygen atoms in total. The molecule has 46 heavy (non-hydrogen) atoms. The number of fused-ring (bicyclic) bond motifs is 5. The van der Waals surface area contributed by atoms with Gasteiger partial charge in [-0.1, -0.05) is 127 Å². The summed E-state index contributed by atoms with van der Waals surface area (Å²) in [7, 11) is 0. The first-order valence-corrected chi connectivity index (χ1v) is 15.8. The molecule has 9 aromatic rings. The maximum atomic E-state index is 2.41. The van der Waals surface area contributed by atoms with E-state index in [0.29, 0.717) is 0 Å². The number of aromatic nitrogens is 1. The summed E-state index contributed by atoms with van der Waals surface area (Å²) in [4.78, 5) is 2.38. The molecule has 0 saturated heterocycles. The summed E-state index contributed by atoms with van der Waals surface area (Å²) in [5.74, 6) is 0. The highest BCUT2D eigenvalue weighted by molar-refractivity contribution is 6.11. The molecule has 0 amide bonds. The number of nitrogens with zero attached hydrogens (tertiary/aromatic N) is 2. The Balaban J connectivity index is 1.23. The van der Waals surface area contributed by atoms with Crippen molar-refractivity contribution in [2.75, 3.05) is 4.90 Å². The molecule has 0 aliphatic carbocycles. The zero-order chi connectivity index (χ0) is 30.5. The van der Waals surface area contributed by atoms with Crippen molar-refractivity contribution >= 4 is 60.4 Å². The molecule has 216 valence electrons. The second-order valence-electron chi connectivity index (χ2n) is 11.8. The van der Waals surface area contributed by atoms with E-state index in [1.54, 1.807) is 0 Å².